The maximum absolute atomic E-state index is 12.1. The van der Waals surface area contributed by atoms with E-state index in [-0.39, 0.29) is 11.8 Å². The zero-order valence-corrected chi connectivity index (χ0v) is 15.1. The molecule has 1 N–H and O–H groups in total. The summed E-state index contributed by atoms with van der Waals surface area (Å²) in [4.78, 5) is 30.2. The predicted octanol–water partition coefficient (Wildman–Crippen LogP) is 0.380. The van der Waals surface area contributed by atoms with E-state index in [1.165, 1.54) is 0 Å². The van der Waals surface area contributed by atoms with E-state index < -0.39 is 0 Å². The average molecular weight is 348 g/mol. The first-order chi connectivity index (χ1) is 12.0. The summed E-state index contributed by atoms with van der Waals surface area (Å²) in [6, 6.07) is 4.14. The predicted molar refractivity (Wildman–Crippen MR) is 93.8 cm³/mol. The number of likely N-dealkylation sites (tertiary alicyclic amines) is 1. The van der Waals surface area contributed by atoms with Crippen LogP contribution in [0, 0.1) is 5.92 Å². The number of hydrogen-bond acceptors (Lipinski definition) is 5. The summed E-state index contributed by atoms with van der Waals surface area (Å²) in [7, 11) is 0. The van der Waals surface area contributed by atoms with Crippen molar-refractivity contribution in [2.45, 2.75) is 26.4 Å². The van der Waals surface area contributed by atoms with E-state index in [2.05, 4.69) is 22.0 Å². The van der Waals surface area contributed by atoms with Crippen molar-refractivity contribution >= 4 is 11.8 Å². The van der Waals surface area contributed by atoms with Crippen LogP contribution in [0.25, 0.3) is 0 Å². The standard InChI is InChI=1S/C18H28N4O3/c1-14-11-20(13-18(24)19-10-16-4-3-9-25-16)12-17(14)22-7-5-21(6-8-22)15(2)23/h3-4,9,14,17H,5-8,10-13H2,1-2H3,(H,19,24)/t14-,17+/m0/s1. The molecule has 138 valence electrons. The van der Waals surface area contributed by atoms with Crippen molar-refractivity contribution in [1.82, 2.24) is 20.0 Å². The molecule has 3 rings (SSSR count). The average Bonchev–Trinajstić information content (AvgIpc) is 3.23. The van der Waals surface area contributed by atoms with Gasteiger partial charge in [0.05, 0.1) is 19.4 Å². The maximum Gasteiger partial charge on any atom is 0.234 e. The number of rotatable bonds is 5. The fraction of sp³-hybridized carbons (Fsp3) is 0.667. The molecule has 0 aromatic carbocycles. The first kappa shape index (κ1) is 17.9. The third kappa shape index (κ3) is 4.61. The van der Waals surface area contributed by atoms with Gasteiger partial charge in [-0.15, -0.1) is 0 Å². The van der Waals surface area contributed by atoms with Crippen LogP contribution in [0.4, 0.5) is 0 Å². The van der Waals surface area contributed by atoms with Gasteiger partial charge in [0.2, 0.25) is 11.8 Å². The van der Waals surface area contributed by atoms with Crippen molar-refractivity contribution < 1.29 is 14.0 Å². The van der Waals surface area contributed by atoms with Crippen LogP contribution in [-0.2, 0) is 16.1 Å². The van der Waals surface area contributed by atoms with Gasteiger partial charge in [0.15, 0.2) is 0 Å². The molecule has 7 nitrogen and oxygen atoms in total. The van der Waals surface area contributed by atoms with Gasteiger partial charge in [-0.2, -0.15) is 0 Å². The molecule has 7 heteroatoms. The molecule has 0 bridgehead atoms. The van der Waals surface area contributed by atoms with Gasteiger partial charge in [0.25, 0.3) is 0 Å². The van der Waals surface area contributed by atoms with E-state index in [1.54, 1.807) is 13.2 Å². The molecule has 2 amide bonds. The summed E-state index contributed by atoms with van der Waals surface area (Å²) in [6.45, 7) is 10.1. The highest BCUT2D eigenvalue weighted by Crippen LogP contribution is 2.22. The number of furan rings is 1. The van der Waals surface area contributed by atoms with Crippen LogP contribution >= 0.6 is 0 Å². The molecule has 1 aromatic rings. The fourth-order valence-corrected chi connectivity index (χ4v) is 3.88. The van der Waals surface area contributed by atoms with Gasteiger partial charge in [0.1, 0.15) is 5.76 Å². The molecule has 25 heavy (non-hydrogen) atoms. The van der Waals surface area contributed by atoms with Crippen LogP contribution < -0.4 is 5.32 Å². The Morgan fingerprint density at radius 2 is 2.00 bits per heavy atom. The number of carbonyl (C=O) groups is 2. The highest BCUT2D eigenvalue weighted by Gasteiger charge is 2.36. The van der Waals surface area contributed by atoms with E-state index in [0.29, 0.717) is 25.0 Å². The summed E-state index contributed by atoms with van der Waals surface area (Å²) in [5, 5.41) is 2.91. The third-order valence-corrected chi connectivity index (χ3v) is 5.28. The molecule has 0 unspecified atom stereocenters. The first-order valence-corrected chi connectivity index (χ1v) is 9.04. The molecule has 0 radical (unpaired) electrons. The molecule has 2 aliphatic heterocycles. The Morgan fingerprint density at radius 1 is 1.24 bits per heavy atom. The van der Waals surface area contributed by atoms with Gasteiger partial charge in [-0.3, -0.25) is 19.4 Å². The lowest BCUT2D eigenvalue weighted by Crippen LogP contribution is -2.53. The fourth-order valence-electron chi connectivity index (χ4n) is 3.88. The Kier molecular flexibility index (Phi) is 5.75. The molecule has 3 heterocycles. The van der Waals surface area contributed by atoms with Crippen LogP contribution in [0.15, 0.2) is 22.8 Å². The van der Waals surface area contributed by atoms with Crippen molar-refractivity contribution in [2.24, 2.45) is 5.92 Å². The van der Waals surface area contributed by atoms with Crippen molar-refractivity contribution in [2.75, 3.05) is 45.8 Å². The summed E-state index contributed by atoms with van der Waals surface area (Å²) < 4.78 is 5.23. The van der Waals surface area contributed by atoms with Crippen LogP contribution in [0.2, 0.25) is 0 Å². The minimum atomic E-state index is 0.0330. The quantitative estimate of drug-likeness (QED) is 0.833. The molecule has 0 saturated carbocycles. The largest absolute Gasteiger partial charge is 0.467 e. The van der Waals surface area contributed by atoms with E-state index >= 15 is 0 Å². The van der Waals surface area contributed by atoms with Crippen LogP contribution in [0.5, 0.6) is 0 Å². The second kappa shape index (κ2) is 8.01. The Hall–Kier alpha value is -1.86. The number of carbonyl (C=O) groups excluding carboxylic acids is 2. The summed E-state index contributed by atoms with van der Waals surface area (Å²) in [5.41, 5.74) is 0. The van der Waals surface area contributed by atoms with Gasteiger partial charge in [-0.05, 0) is 18.1 Å². The molecule has 0 spiro atoms. The molecule has 2 saturated heterocycles. The molecule has 2 fully saturated rings. The molecular weight excluding hydrogens is 320 g/mol. The van der Waals surface area contributed by atoms with Gasteiger partial charge in [0, 0.05) is 52.2 Å². The molecule has 2 atom stereocenters. The van der Waals surface area contributed by atoms with Crippen molar-refractivity contribution in [3.05, 3.63) is 24.2 Å². The Labute approximate surface area is 148 Å². The van der Waals surface area contributed by atoms with E-state index in [9.17, 15) is 9.59 Å². The number of amides is 2. The van der Waals surface area contributed by atoms with Gasteiger partial charge >= 0.3 is 0 Å². The second-order valence-corrected chi connectivity index (χ2v) is 7.14. The van der Waals surface area contributed by atoms with Gasteiger partial charge < -0.3 is 14.6 Å². The van der Waals surface area contributed by atoms with Crippen molar-refractivity contribution in [1.29, 1.82) is 0 Å². The summed E-state index contributed by atoms with van der Waals surface area (Å²) in [6.07, 6.45) is 1.61. The highest BCUT2D eigenvalue weighted by atomic mass is 16.3. The lowest BCUT2D eigenvalue weighted by molar-refractivity contribution is -0.131. The minimum absolute atomic E-state index is 0.0330. The van der Waals surface area contributed by atoms with E-state index in [0.717, 1.165) is 45.0 Å². The molecular formula is C18H28N4O3. The smallest absolute Gasteiger partial charge is 0.234 e. The third-order valence-electron chi connectivity index (χ3n) is 5.28. The lowest BCUT2D eigenvalue weighted by Gasteiger charge is -2.39. The lowest BCUT2D eigenvalue weighted by atomic mass is 10.0. The molecule has 1 aromatic heterocycles. The van der Waals surface area contributed by atoms with Crippen LogP contribution in [0.3, 0.4) is 0 Å². The highest BCUT2D eigenvalue weighted by molar-refractivity contribution is 5.78. The van der Waals surface area contributed by atoms with Crippen molar-refractivity contribution in [3.8, 4) is 0 Å². The zero-order valence-electron chi connectivity index (χ0n) is 15.1. The number of piperazine rings is 1. The molecule has 2 aliphatic rings. The van der Waals surface area contributed by atoms with Gasteiger partial charge in [-0.1, -0.05) is 6.92 Å². The SMILES string of the molecule is CC(=O)N1CCN([C@@H]2CN(CC(=O)NCc3ccco3)C[C@@H]2C)CC1. The second-order valence-electron chi connectivity index (χ2n) is 7.14. The van der Waals surface area contributed by atoms with Gasteiger partial charge in [-0.25, -0.2) is 0 Å². The normalized spacial score (nSPS) is 25.3. The monoisotopic (exact) mass is 348 g/mol. The number of nitrogens with one attached hydrogen (secondary N) is 1. The minimum Gasteiger partial charge on any atom is -0.467 e. The van der Waals surface area contributed by atoms with E-state index in [1.807, 2.05) is 17.0 Å². The Bertz CT molecular complexity index is 581. The van der Waals surface area contributed by atoms with Crippen LogP contribution in [-0.4, -0.2) is 78.4 Å². The topological polar surface area (TPSA) is 69.0 Å². The number of nitrogens with zero attached hydrogens (tertiary/aromatic N) is 3. The molecule has 0 aliphatic carbocycles. The van der Waals surface area contributed by atoms with Crippen LogP contribution in [0.1, 0.15) is 19.6 Å². The number of hydrogen-bond donors (Lipinski definition) is 1. The zero-order chi connectivity index (χ0) is 17.8. The first-order valence-electron chi connectivity index (χ1n) is 9.04. The summed E-state index contributed by atoms with van der Waals surface area (Å²) >= 11 is 0. The maximum atomic E-state index is 12.1. The Balaban J connectivity index is 1.43. The summed E-state index contributed by atoms with van der Waals surface area (Å²) in [5.74, 6) is 1.49. The van der Waals surface area contributed by atoms with E-state index in [4.69, 9.17) is 4.42 Å². The Morgan fingerprint density at radius 3 is 2.64 bits per heavy atom. The van der Waals surface area contributed by atoms with Crippen molar-refractivity contribution in [3.63, 3.8) is 0 Å².